The summed E-state index contributed by atoms with van der Waals surface area (Å²) in [5, 5.41) is 2.92. The van der Waals surface area contributed by atoms with Gasteiger partial charge in [0.1, 0.15) is 5.82 Å². The first-order valence-electron chi connectivity index (χ1n) is 2.80. The molecule has 0 aliphatic carbocycles. The summed E-state index contributed by atoms with van der Waals surface area (Å²) in [4.78, 5) is 8.01. The maximum absolute atomic E-state index is 4.07. The first kappa shape index (κ1) is 6.13. The van der Waals surface area contributed by atoms with Crippen molar-refractivity contribution in [2.75, 3.05) is 5.23 Å². The Morgan fingerprint density at radius 3 is 2.78 bits per heavy atom. The number of nitrogens with zero attached hydrogens (tertiary/aromatic N) is 2. The molecule has 0 aliphatic heterocycles. The molecule has 0 saturated heterocycles. The van der Waals surface area contributed by atoms with Crippen LogP contribution in [0.15, 0.2) is 12.3 Å². The molecule has 0 unspecified atom stereocenters. The summed E-state index contributed by atoms with van der Waals surface area (Å²) in [5.74, 6) is 0.863. The van der Waals surface area contributed by atoms with Gasteiger partial charge in [0.05, 0.1) is 5.72 Å². The van der Waals surface area contributed by atoms with Gasteiger partial charge in [-0.25, -0.2) is 4.98 Å². The van der Waals surface area contributed by atoms with Crippen LogP contribution in [-0.4, -0.2) is 25.8 Å². The summed E-state index contributed by atoms with van der Waals surface area (Å²) in [6.07, 6.45) is 1.73. The van der Waals surface area contributed by atoms with Crippen molar-refractivity contribution < 1.29 is 0 Å². The second-order valence-corrected chi connectivity index (χ2v) is 1.74. The van der Waals surface area contributed by atoms with E-state index < -0.39 is 0 Å². The molecule has 0 bridgehead atoms. The van der Waals surface area contributed by atoms with Crippen molar-refractivity contribution in [1.29, 1.82) is 0 Å². The third kappa shape index (κ3) is 1.45. The topological polar surface area (TPSA) is 37.8 Å². The zero-order chi connectivity index (χ0) is 6.69. The Balaban J connectivity index is 2.94. The monoisotopic (exact) mass is 119 g/mol. The summed E-state index contributed by atoms with van der Waals surface area (Å²) in [5.41, 5.74) is 0.793. The second kappa shape index (κ2) is 2.53. The Morgan fingerprint density at radius 2 is 2.33 bits per heavy atom. The third-order valence-corrected chi connectivity index (χ3v) is 1.03. The van der Waals surface area contributed by atoms with Crippen LogP contribution in [0.2, 0.25) is 0 Å². The lowest BCUT2D eigenvalue weighted by molar-refractivity contribution is 1.24. The summed E-state index contributed by atoms with van der Waals surface area (Å²) in [6, 6.07) is 1.83. The van der Waals surface area contributed by atoms with Crippen LogP contribution >= 0.6 is 0 Å². The highest BCUT2D eigenvalue weighted by Gasteiger charge is 1.87. The van der Waals surface area contributed by atoms with Gasteiger partial charge in [0.25, 0.3) is 0 Å². The van der Waals surface area contributed by atoms with E-state index in [1.165, 1.54) is 0 Å². The molecule has 1 aromatic heterocycles. The molecule has 0 aliphatic rings. The lowest BCUT2D eigenvalue weighted by Crippen LogP contribution is -2.13. The fourth-order valence-electron chi connectivity index (χ4n) is 0.595. The number of aromatic nitrogens is 2. The minimum atomic E-state index is 0.793. The van der Waals surface area contributed by atoms with Crippen LogP contribution in [0, 0.1) is 0 Å². The predicted octanol–water partition coefficient (Wildman–Crippen LogP) is -2.31. The average Bonchev–Trinajstić information content (AvgIpc) is 1.88. The molecule has 3 nitrogen and oxygen atoms in total. The van der Waals surface area contributed by atoms with Crippen molar-refractivity contribution >= 4 is 27.4 Å². The quantitative estimate of drug-likeness (QED) is 0.422. The molecule has 44 valence electrons. The molecule has 0 aromatic carbocycles. The minimum Gasteiger partial charge on any atom is -0.420 e. The summed E-state index contributed by atoms with van der Waals surface area (Å²) in [6.45, 7) is 0. The van der Waals surface area contributed by atoms with Gasteiger partial charge in [-0.15, -0.1) is 0 Å². The molecule has 0 amide bonds. The molecule has 0 saturated carbocycles. The van der Waals surface area contributed by atoms with Crippen molar-refractivity contribution in [3.05, 3.63) is 12.3 Å². The molecule has 0 radical (unpaired) electrons. The van der Waals surface area contributed by atoms with Crippen molar-refractivity contribution in [2.24, 2.45) is 0 Å². The molecule has 9 heavy (non-hydrogen) atoms. The molecular formula is C4H7B2N3. The lowest BCUT2D eigenvalue weighted by atomic mass is 10.1. The number of nitrogens with one attached hydrogen (secondary N) is 1. The van der Waals surface area contributed by atoms with E-state index in [1.807, 2.05) is 21.9 Å². The standard InChI is InChI=1S/C4H7B2N3/c5-4-7-2-1-3(8-4)9-6/h1-2H,5-6H2,(H,7,8,9). The van der Waals surface area contributed by atoms with Crippen LogP contribution in [0.3, 0.4) is 0 Å². The van der Waals surface area contributed by atoms with Gasteiger partial charge < -0.3 is 5.23 Å². The van der Waals surface area contributed by atoms with Gasteiger partial charge in [0, 0.05) is 6.20 Å². The Bertz CT molecular complexity index is 203. The number of anilines is 1. The first-order chi connectivity index (χ1) is 4.33. The van der Waals surface area contributed by atoms with Crippen molar-refractivity contribution in [2.45, 2.75) is 0 Å². The van der Waals surface area contributed by atoms with Crippen molar-refractivity contribution in [3.63, 3.8) is 0 Å². The van der Waals surface area contributed by atoms with Gasteiger partial charge in [-0.1, -0.05) is 0 Å². The van der Waals surface area contributed by atoms with Gasteiger partial charge in [-0.05, 0) is 6.07 Å². The van der Waals surface area contributed by atoms with Crippen LogP contribution in [0.1, 0.15) is 0 Å². The molecule has 0 atom stereocenters. The highest BCUT2D eigenvalue weighted by molar-refractivity contribution is 6.29. The Hall–Kier alpha value is -0.990. The number of hydrogen-bond donors (Lipinski definition) is 1. The van der Waals surface area contributed by atoms with E-state index in [4.69, 9.17) is 0 Å². The maximum atomic E-state index is 4.07. The van der Waals surface area contributed by atoms with Crippen molar-refractivity contribution in [3.8, 4) is 0 Å². The largest absolute Gasteiger partial charge is 0.420 e. The van der Waals surface area contributed by atoms with Gasteiger partial charge in [-0.2, -0.15) is 0 Å². The maximum Gasteiger partial charge on any atom is 0.215 e. The molecule has 1 heterocycles. The highest BCUT2D eigenvalue weighted by atomic mass is 15.0. The fourth-order valence-corrected chi connectivity index (χ4v) is 0.595. The van der Waals surface area contributed by atoms with Crippen LogP contribution in [0.5, 0.6) is 0 Å². The molecule has 1 rings (SSSR count). The predicted molar refractivity (Wildman–Crippen MR) is 42.4 cm³/mol. The highest BCUT2D eigenvalue weighted by Crippen LogP contribution is 1.91. The van der Waals surface area contributed by atoms with Gasteiger partial charge >= 0.3 is 0 Å². The van der Waals surface area contributed by atoms with E-state index in [0.29, 0.717) is 0 Å². The minimum absolute atomic E-state index is 0.793. The smallest absolute Gasteiger partial charge is 0.215 e. The summed E-state index contributed by atoms with van der Waals surface area (Å²) < 4.78 is 0. The van der Waals surface area contributed by atoms with Crippen molar-refractivity contribution in [1.82, 2.24) is 9.97 Å². The van der Waals surface area contributed by atoms with Gasteiger partial charge in [-0.3, -0.25) is 4.98 Å². The summed E-state index contributed by atoms with van der Waals surface area (Å²) >= 11 is 0. The Kier molecular flexibility index (Phi) is 1.72. The Morgan fingerprint density at radius 1 is 1.56 bits per heavy atom. The van der Waals surface area contributed by atoms with E-state index in [1.54, 1.807) is 6.20 Å². The molecular weight excluding hydrogens is 112 g/mol. The molecule has 0 spiro atoms. The Labute approximate surface area is 55.7 Å². The number of hydrogen-bond acceptors (Lipinski definition) is 3. The van der Waals surface area contributed by atoms with E-state index in [9.17, 15) is 0 Å². The fraction of sp³-hybridized carbons (Fsp3) is 0. The van der Waals surface area contributed by atoms with Crippen LogP contribution in [0.25, 0.3) is 0 Å². The lowest BCUT2D eigenvalue weighted by Gasteiger charge is -1.96. The second-order valence-electron chi connectivity index (χ2n) is 1.74. The van der Waals surface area contributed by atoms with Crippen LogP contribution < -0.4 is 11.0 Å². The van der Waals surface area contributed by atoms with E-state index in [2.05, 4.69) is 15.2 Å². The molecule has 5 heteroatoms. The summed E-state index contributed by atoms with van der Waals surface area (Å²) in [7, 11) is 3.70. The van der Waals surface area contributed by atoms with Gasteiger partial charge in [0.2, 0.25) is 7.98 Å². The zero-order valence-electron chi connectivity index (χ0n) is 5.55. The first-order valence-corrected chi connectivity index (χ1v) is 2.80. The third-order valence-electron chi connectivity index (χ3n) is 1.03. The molecule has 1 N–H and O–H groups in total. The average molecular weight is 119 g/mol. The number of rotatable bonds is 1. The van der Waals surface area contributed by atoms with E-state index in [0.717, 1.165) is 11.5 Å². The normalized spacial score (nSPS) is 8.89. The van der Waals surface area contributed by atoms with Crippen LogP contribution in [-0.2, 0) is 0 Å². The SMILES string of the molecule is BNc1ccnc(B)n1. The van der Waals surface area contributed by atoms with Crippen LogP contribution in [0.4, 0.5) is 5.82 Å². The van der Waals surface area contributed by atoms with Gasteiger partial charge in [0.15, 0.2) is 7.85 Å². The molecule has 1 aromatic rings. The van der Waals surface area contributed by atoms with E-state index >= 15 is 0 Å². The van der Waals surface area contributed by atoms with E-state index in [-0.39, 0.29) is 0 Å². The zero-order valence-corrected chi connectivity index (χ0v) is 5.55. The molecule has 0 fully saturated rings.